The Morgan fingerprint density at radius 3 is 2.59 bits per heavy atom. The van der Waals surface area contributed by atoms with Gasteiger partial charge in [0.05, 0.1) is 11.3 Å². The Labute approximate surface area is 181 Å². The highest BCUT2D eigenvalue weighted by Gasteiger charge is 2.22. The van der Waals surface area contributed by atoms with E-state index in [2.05, 4.69) is 10.3 Å². The number of benzene rings is 1. The van der Waals surface area contributed by atoms with Crippen LogP contribution in [0.2, 0.25) is 5.02 Å². The second-order valence-corrected chi connectivity index (χ2v) is 8.82. The molecule has 152 valence electrons. The lowest BCUT2D eigenvalue weighted by molar-refractivity contribution is -0.114. The summed E-state index contributed by atoms with van der Waals surface area (Å²) in [5.41, 5.74) is 1.84. The van der Waals surface area contributed by atoms with Crippen LogP contribution in [0, 0.1) is 13.8 Å². The third-order valence-electron chi connectivity index (χ3n) is 4.01. The number of aryl methyl sites for hydroxylation is 1. The molecule has 0 aliphatic heterocycles. The summed E-state index contributed by atoms with van der Waals surface area (Å²) in [6, 6.07) is 7.09. The van der Waals surface area contributed by atoms with Crippen LogP contribution in [-0.2, 0) is 22.7 Å². The molecule has 0 radical (unpaired) electrons. The highest BCUT2D eigenvalue weighted by Crippen LogP contribution is 2.33. The summed E-state index contributed by atoms with van der Waals surface area (Å²) in [7, 11) is 0. The van der Waals surface area contributed by atoms with Crippen LogP contribution in [-0.4, -0.2) is 16.9 Å². The average Bonchev–Trinajstić information content (AvgIpc) is 3.23. The molecule has 1 aromatic carbocycles. The lowest BCUT2D eigenvalue weighted by atomic mass is 10.1. The molecule has 0 bridgehead atoms. The number of aromatic nitrogens is 1. The van der Waals surface area contributed by atoms with Gasteiger partial charge in [-0.2, -0.15) is 0 Å². The van der Waals surface area contributed by atoms with Crippen LogP contribution in [0.5, 0.6) is 5.75 Å². The number of carbonyl (C=O) groups is 2. The molecule has 1 N–H and O–H groups in total. The van der Waals surface area contributed by atoms with Crippen molar-refractivity contribution in [1.29, 1.82) is 0 Å². The van der Waals surface area contributed by atoms with Crippen molar-refractivity contribution < 1.29 is 19.1 Å². The fraction of sp³-hybridized carbons (Fsp3) is 0.250. The minimum atomic E-state index is -0.484. The summed E-state index contributed by atoms with van der Waals surface area (Å²) < 4.78 is 11.1. The Balaban J connectivity index is 1.59. The Kier molecular flexibility index (Phi) is 6.89. The summed E-state index contributed by atoms with van der Waals surface area (Å²) in [5, 5.41) is 6.45. The molecular weight excluding hydrogens is 432 g/mol. The van der Waals surface area contributed by atoms with E-state index in [1.165, 1.54) is 29.6 Å². The number of carbonyl (C=O) groups excluding carboxylic acids is 2. The zero-order valence-corrected chi connectivity index (χ0v) is 18.5. The molecule has 2 aromatic heterocycles. The monoisotopic (exact) mass is 450 g/mol. The van der Waals surface area contributed by atoms with Gasteiger partial charge >= 0.3 is 5.97 Å². The fourth-order valence-corrected chi connectivity index (χ4v) is 4.40. The SMILES string of the molecule is CC(=O)Nc1sc(C)c(C)c1C(=O)OCc1csc(COc2ccc(Cl)cc2)n1. The quantitative estimate of drug-likeness (QED) is 0.489. The molecule has 1 amide bonds. The highest BCUT2D eigenvalue weighted by atomic mass is 35.5. The predicted molar refractivity (Wildman–Crippen MR) is 115 cm³/mol. The van der Waals surface area contributed by atoms with Crippen LogP contribution in [0.15, 0.2) is 29.6 Å². The van der Waals surface area contributed by atoms with Gasteiger partial charge in [0.1, 0.15) is 29.0 Å². The lowest BCUT2D eigenvalue weighted by Gasteiger charge is -2.06. The van der Waals surface area contributed by atoms with E-state index in [0.29, 0.717) is 33.6 Å². The van der Waals surface area contributed by atoms with Crippen molar-refractivity contribution in [2.45, 2.75) is 34.0 Å². The van der Waals surface area contributed by atoms with Crippen LogP contribution >= 0.6 is 34.3 Å². The van der Waals surface area contributed by atoms with Crippen LogP contribution in [0.4, 0.5) is 5.00 Å². The molecule has 29 heavy (non-hydrogen) atoms. The molecule has 0 aliphatic carbocycles. The molecule has 0 aliphatic rings. The smallest absolute Gasteiger partial charge is 0.341 e. The maximum Gasteiger partial charge on any atom is 0.341 e. The third kappa shape index (κ3) is 5.56. The summed E-state index contributed by atoms with van der Waals surface area (Å²) in [6.45, 7) is 5.50. The summed E-state index contributed by atoms with van der Waals surface area (Å²) in [5.74, 6) is -0.0147. The topological polar surface area (TPSA) is 77.5 Å². The van der Waals surface area contributed by atoms with Crippen molar-refractivity contribution in [3.05, 3.63) is 61.4 Å². The number of halogens is 1. The van der Waals surface area contributed by atoms with Crippen LogP contribution in [0.3, 0.4) is 0 Å². The largest absolute Gasteiger partial charge is 0.486 e. The van der Waals surface area contributed by atoms with Crippen LogP contribution in [0.25, 0.3) is 0 Å². The van der Waals surface area contributed by atoms with E-state index in [1.54, 1.807) is 24.3 Å². The van der Waals surface area contributed by atoms with Crippen molar-refractivity contribution in [3.63, 3.8) is 0 Å². The Hall–Kier alpha value is -2.42. The van der Waals surface area contributed by atoms with E-state index >= 15 is 0 Å². The van der Waals surface area contributed by atoms with Crippen molar-refractivity contribution in [3.8, 4) is 5.75 Å². The van der Waals surface area contributed by atoms with Crippen molar-refractivity contribution in [2.24, 2.45) is 0 Å². The predicted octanol–water partition coefficient (Wildman–Crippen LogP) is 5.37. The number of rotatable bonds is 7. The van der Waals surface area contributed by atoms with Gasteiger partial charge in [0.15, 0.2) is 0 Å². The number of nitrogens with zero attached hydrogens (tertiary/aromatic N) is 1. The number of nitrogens with one attached hydrogen (secondary N) is 1. The Morgan fingerprint density at radius 1 is 1.17 bits per heavy atom. The van der Waals surface area contributed by atoms with Gasteiger partial charge in [-0.1, -0.05) is 11.6 Å². The van der Waals surface area contributed by atoms with Gasteiger partial charge in [0.25, 0.3) is 0 Å². The third-order valence-corrected chi connectivity index (χ3v) is 6.25. The molecule has 3 rings (SSSR count). The first-order chi connectivity index (χ1) is 13.8. The average molecular weight is 451 g/mol. The highest BCUT2D eigenvalue weighted by molar-refractivity contribution is 7.16. The van der Waals surface area contributed by atoms with E-state index in [9.17, 15) is 9.59 Å². The van der Waals surface area contributed by atoms with E-state index in [-0.39, 0.29) is 12.5 Å². The minimum absolute atomic E-state index is 0.0458. The molecule has 0 spiro atoms. The van der Waals surface area contributed by atoms with Crippen LogP contribution in [0.1, 0.15) is 38.4 Å². The molecule has 0 atom stereocenters. The Bertz CT molecular complexity index is 1030. The second kappa shape index (κ2) is 9.39. The number of hydrogen-bond donors (Lipinski definition) is 1. The summed E-state index contributed by atoms with van der Waals surface area (Å²) >= 11 is 8.64. The maximum absolute atomic E-state index is 12.6. The van der Waals surface area contributed by atoms with E-state index < -0.39 is 5.97 Å². The summed E-state index contributed by atoms with van der Waals surface area (Å²) in [4.78, 5) is 29.3. The van der Waals surface area contributed by atoms with Gasteiger partial charge in [-0.25, -0.2) is 9.78 Å². The molecule has 3 aromatic rings. The van der Waals surface area contributed by atoms with Gasteiger partial charge < -0.3 is 14.8 Å². The molecule has 6 nitrogen and oxygen atoms in total. The number of esters is 1. The zero-order chi connectivity index (χ0) is 21.0. The number of thiophene rings is 1. The lowest BCUT2D eigenvalue weighted by Crippen LogP contribution is -2.12. The summed E-state index contributed by atoms with van der Waals surface area (Å²) in [6.07, 6.45) is 0. The van der Waals surface area contributed by atoms with Gasteiger partial charge in [-0.15, -0.1) is 22.7 Å². The Morgan fingerprint density at radius 2 is 1.90 bits per heavy atom. The standard InChI is InChI=1S/C20H19ClN2O4S2/c1-11-12(2)29-19(22-13(3)24)18(11)20(25)27-8-15-10-28-17(23-15)9-26-16-6-4-14(21)5-7-16/h4-7,10H,8-9H2,1-3H3,(H,22,24). The van der Waals surface area contributed by atoms with Crippen LogP contribution < -0.4 is 10.1 Å². The molecule has 2 heterocycles. The minimum Gasteiger partial charge on any atom is -0.486 e. The number of thiazole rings is 1. The first-order valence-electron chi connectivity index (χ1n) is 8.70. The molecule has 9 heteroatoms. The number of ether oxygens (including phenoxy) is 2. The van der Waals surface area contributed by atoms with Gasteiger partial charge in [0.2, 0.25) is 5.91 Å². The first kappa shape index (κ1) is 21.3. The molecule has 0 saturated carbocycles. The fourth-order valence-electron chi connectivity index (χ4n) is 2.49. The van der Waals surface area contributed by atoms with Gasteiger partial charge in [-0.05, 0) is 43.7 Å². The first-order valence-corrected chi connectivity index (χ1v) is 10.8. The van der Waals surface area contributed by atoms with Gasteiger partial charge in [0, 0.05) is 22.2 Å². The van der Waals surface area contributed by atoms with E-state index in [0.717, 1.165) is 15.4 Å². The van der Waals surface area contributed by atoms with Crippen molar-refractivity contribution in [1.82, 2.24) is 4.98 Å². The zero-order valence-electron chi connectivity index (χ0n) is 16.1. The number of amides is 1. The maximum atomic E-state index is 12.6. The normalized spacial score (nSPS) is 10.6. The van der Waals surface area contributed by atoms with Crippen molar-refractivity contribution in [2.75, 3.05) is 5.32 Å². The number of anilines is 1. The number of hydrogen-bond acceptors (Lipinski definition) is 7. The second-order valence-electron chi connectivity index (χ2n) is 6.22. The molecule has 0 fully saturated rings. The van der Waals surface area contributed by atoms with Crippen molar-refractivity contribution >= 4 is 51.2 Å². The molecular formula is C20H19ClN2O4S2. The van der Waals surface area contributed by atoms with E-state index in [4.69, 9.17) is 21.1 Å². The van der Waals surface area contributed by atoms with E-state index in [1.807, 2.05) is 19.2 Å². The molecule has 0 saturated heterocycles. The van der Waals surface area contributed by atoms with Gasteiger partial charge in [-0.3, -0.25) is 4.79 Å². The molecule has 0 unspecified atom stereocenters.